The third-order valence-corrected chi connectivity index (χ3v) is 3.71. The number of alkyl halides is 3. The zero-order chi connectivity index (χ0) is 18.6. The van der Waals surface area contributed by atoms with Gasteiger partial charge in [-0.25, -0.2) is 9.18 Å². The summed E-state index contributed by atoms with van der Waals surface area (Å²) in [6.07, 6.45) is -3.94. The van der Waals surface area contributed by atoms with Gasteiger partial charge in [-0.1, -0.05) is 0 Å². The second-order valence-corrected chi connectivity index (χ2v) is 5.58. The van der Waals surface area contributed by atoms with Crippen LogP contribution in [0, 0.1) is 11.7 Å². The van der Waals surface area contributed by atoms with E-state index >= 15 is 0 Å². The first kappa shape index (κ1) is 18.8. The number of nitrogens with zero attached hydrogens (tertiary/aromatic N) is 1. The van der Waals surface area contributed by atoms with Gasteiger partial charge in [0.15, 0.2) is 18.2 Å². The van der Waals surface area contributed by atoms with E-state index < -0.39 is 42.3 Å². The lowest BCUT2D eigenvalue weighted by atomic mass is 9.97. The maximum absolute atomic E-state index is 13.7. The highest BCUT2D eigenvalue weighted by Gasteiger charge is 2.29. The minimum atomic E-state index is -4.58. The molecular weight excluding hydrogens is 348 g/mol. The SMILES string of the molecule is O=C(O)C1CCN(C(=O)Nc2ccc(OCC(F)(F)F)c(F)c2)CC1. The van der Waals surface area contributed by atoms with Gasteiger partial charge in [-0.2, -0.15) is 13.2 Å². The molecule has 2 N–H and O–H groups in total. The van der Waals surface area contributed by atoms with Crippen LogP contribution in [0.5, 0.6) is 5.75 Å². The number of rotatable bonds is 4. The van der Waals surface area contributed by atoms with Crippen LogP contribution in [0.2, 0.25) is 0 Å². The van der Waals surface area contributed by atoms with Gasteiger partial charge in [0.1, 0.15) is 0 Å². The van der Waals surface area contributed by atoms with Gasteiger partial charge in [-0.15, -0.1) is 0 Å². The number of amides is 2. The number of anilines is 1. The van der Waals surface area contributed by atoms with Gasteiger partial charge in [0.25, 0.3) is 0 Å². The number of carbonyl (C=O) groups excluding carboxylic acids is 1. The smallest absolute Gasteiger partial charge is 0.422 e. The normalized spacial score (nSPS) is 15.8. The molecule has 2 rings (SSSR count). The summed E-state index contributed by atoms with van der Waals surface area (Å²) in [6.45, 7) is -1.12. The Morgan fingerprint density at radius 2 is 1.92 bits per heavy atom. The van der Waals surface area contributed by atoms with Crippen molar-refractivity contribution in [3.63, 3.8) is 0 Å². The number of nitrogens with one attached hydrogen (secondary N) is 1. The first-order valence-corrected chi connectivity index (χ1v) is 7.43. The fourth-order valence-electron chi connectivity index (χ4n) is 2.39. The van der Waals surface area contributed by atoms with E-state index in [4.69, 9.17) is 5.11 Å². The van der Waals surface area contributed by atoms with E-state index in [1.54, 1.807) is 0 Å². The van der Waals surface area contributed by atoms with Gasteiger partial charge in [0, 0.05) is 24.8 Å². The molecule has 1 aromatic rings. The van der Waals surface area contributed by atoms with Crippen LogP contribution in [-0.2, 0) is 4.79 Å². The minimum absolute atomic E-state index is 0.0576. The average Bonchev–Trinajstić information content (AvgIpc) is 2.53. The van der Waals surface area contributed by atoms with E-state index in [0.29, 0.717) is 12.8 Å². The monoisotopic (exact) mass is 364 g/mol. The summed E-state index contributed by atoms with van der Waals surface area (Å²) in [5.41, 5.74) is 0.0576. The predicted octanol–water partition coefficient (Wildman–Crippen LogP) is 3.10. The summed E-state index contributed by atoms with van der Waals surface area (Å²) in [7, 11) is 0. The largest absolute Gasteiger partial charge is 0.481 e. The number of benzene rings is 1. The third kappa shape index (κ3) is 5.50. The van der Waals surface area contributed by atoms with Crippen LogP contribution in [0.3, 0.4) is 0 Å². The molecule has 138 valence electrons. The van der Waals surface area contributed by atoms with Gasteiger partial charge < -0.3 is 20.1 Å². The molecule has 10 heteroatoms. The molecule has 0 bridgehead atoms. The average molecular weight is 364 g/mol. The number of carboxylic acids is 1. The number of carboxylic acid groups (broad SMARTS) is 1. The number of halogens is 4. The molecule has 25 heavy (non-hydrogen) atoms. The van der Waals surface area contributed by atoms with Crippen LogP contribution in [0.15, 0.2) is 18.2 Å². The van der Waals surface area contributed by atoms with Crippen molar-refractivity contribution in [2.75, 3.05) is 25.0 Å². The van der Waals surface area contributed by atoms with E-state index in [2.05, 4.69) is 10.1 Å². The lowest BCUT2D eigenvalue weighted by molar-refractivity contribution is -0.153. The number of carbonyl (C=O) groups is 2. The Bertz CT molecular complexity index is 643. The topological polar surface area (TPSA) is 78.9 Å². The molecule has 1 aliphatic rings. The Kier molecular flexibility index (Phi) is 5.70. The van der Waals surface area contributed by atoms with Gasteiger partial charge >= 0.3 is 18.2 Å². The molecule has 0 radical (unpaired) electrons. The van der Waals surface area contributed by atoms with E-state index in [9.17, 15) is 27.2 Å². The Morgan fingerprint density at radius 1 is 1.28 bits per heavy atom. The number of ether oxygens (including phenoxy) is 1. The van der Waals surface area contributed by atoms with E-state index in [1.165, 1.54) is 11.0 Å². The number of aliphatic carboxylic acids is 1. The van der Waals surface area contributed by atoms with Crippen LogP contribution >= 0.6 is 0 Å². The van der Waals surface area contributed by atoms with Crippen molar-refractivity contribution in [2.45, 2.75) is 19.0 Å². The number of piperidine rings is 1. The van der Waals surface area contributed by atoms with E-state index in [0.717, 1.165) is 12.1 Å². The summed E-state index contributed by atoms with van der Waals surface area (Å²) in [4.78, 5) is 24.3. The van der Waals surface area contributed by atoms with Crippen molar-refractivity contribution < 1.29 is 37.0 Å². The fraction of sp³-hybridized carbons (Fsp3) is 0.467. The maximum atomic E-state index is 13.7. The second kappa shape index (κ2) is 7.58. The molecule has 1 aliphatic heterocycles. The molecule has 0 saturated carbocycles. The molecule has 0 aromatic heterocycles. The summed E-state index contributed by atoms with van der Waals surface area (Å²) in [5.74, 6) is -3.01. The highest BCUT2D eigenvalue weighted by molar-refractivity contribution is 5.89. The molecule has 2 amide bonds. The molecule has 1 fully saturated rings. The van der Waals surface area contributed by atoms with Crippen molar-refractivity contribution in [3.8, 4) is 5.75 Å². The summed E-state index contributed by atoms with van der Waals surface area (Å²) in [6, 6.07) is 2.53. The first-order chi connectivity index (χ1) is 11.7. The van der Waals surface area contributed by atoms with Crippen molar-refractivity contribution in [2.24, 2.45) is 5.92 Å². The Morgan fingerprint density at radius 3 is 2.44 bits per heavy atom. The highest BCUT2D eigenvalue weighted by atomic mass is 19.4. The molecular formula is C15H16F4N2O4. The van der Waals surface area contributed by atoms with Crippen LogP contribution in [-0.4, -0.2) is 47.9 Å². The molecule has 6 nitrogen and oxygen atoms in total. The van der Waals surface area contributed by atoms with E-state index in [-0.39, 0.29) is 18.8 Å². The van der Waals surface area contributed by atoms with E-state index in [1.807, 2.05) is 0 Å². The molecule has 0 unspecified atom stereocenters. The lowest BCUT2D eigenvalue weighted by Crippen LogP contribution is -2.42. The van der Waals surface area contributed by atoms with Gasteiger partial charge in [0.2, 0.25) is 0 Å². The van der Waals surface area contributed by atoms with Crippen molar-refractivity contribution in [3.05, 3.63) is 24.0 Å². The lowest BCUT2D eigenvalue weighted by Gasteiger charge is -2.30. The fourth-order valence-corrected chi connectivity index (χ4v) is 2.39. The molecule has 1 saturated heterocycles. The number of hydrogen-bond donors (Lipinski definition) is 2. The van der Waals surface area contributed by atoms with Crippen molar-refractivity contribution in [1.82, 2.24) is 4.90 Å². The minimum Gasteiger partial charge on any atom is -0.481 e. The Labute approximate surface area is 140 Å². The second-order valence-electron chi connectivity index (χ2n) is 5.58. The summed E-state index contributed by atoms with van der Waals surface area (Å²) >= 11 is 0. The van der Waals surface area contributed by atoms with Crippen LogP contribution < -0.4 is 10.1 Å². The predicted molar refractivity (Wildman–Crippen MR) is 78.9 cm³/mol. The third-order valence-electron chi connectivity index (χ3n) is 3.71. The molecule has 0 atom stereocenters. The van der Waals surface area contributed by atoms with Crippen LogP contribution in [0.25, 0.3) is 0 Å². The van der Waals surface area contributed by atoms with Gasteiger partial charge in [-0.05, 0) is 25.0 Å². The Balaban J connectivity index is 1.91. The number of likely N-dealkylation sites (tertiary alicyclic amines) is 1. The summed E-state index contributed by atoms with van der Waals surface area (Å²) < 4.78 is 54.3. The zero-order valence-corrected chi connectivity index (χ0v) is 13.0. The molecule has 1 heterocycles. The zero-order valence-electron chi connectivity index (χ0n) is 13.0. The quantitative estimate of drug-likeness (QED) is 0.805. The molecule has 0 aliphatic carbocycles. The summed E-state index contributed by atoms with van der Waals surface area (Å²) in [5, 5.41) is 11.3. The van der Waals surface area contributed by atoms with Gasteiger partial charge in [0.05, 0.1) is 5.92 Å². The number of hydrogen-bond acceptors (Lipinski definition) is 3. The van der Waals surface area contributed by atoms with Crippen molar-refractivity contribution >= 4 is 17.7 Å². The van der Waals surface area contributed by atoms with Crippen LogP contribution in [0.1, 0.15) is 12.8 Å². The van der Waals surface area contributed by atoms with Crippen LogP contribution in [0.4, 0.5) is 28.0 Å². The standard InChI is InChI=1S/C15H16F4N2O4/c16-11-7-10(1-2-12(11)25-8-15(17,18)19)20-14(24)21-5-3-9(4-6-21)13(22)23/h1-2,7,9H,3-6,8H2,(H,20,24)(H,22,23). The maximum Gasteiger partial charge on any atom is 0.422 e. The first-order valence-electron chi connectivity index (χ1n) is 7.43. The number of urea groups is 1. The van der Waals surface area contributed by atoms with Gasteiger partial charge in [-0.3, -0.25) is 4.79 Å². The van der Waals surface area contributed by atoms with Crippen molar-refractivity contribution in [1.29, 1.82) is 0 Å². The molecule has 1 aromatic carbocycles. The highest BCUT2D eigenvalue weighted by Crippen LogP contribution is 2.25. The Hall–Kier alpha value is -2.52. The molecule has 0 spiro atoms.